The molecule has 0 aromatic heterocycles. The Morgan fingerprint density at radius 1 is 1.33 bits per heavy atom. The molecule has 1 saturated carbocycles. The molecule has 0 saturated heterocycles. The summed E-state index contributed by atoms with van der Waals surface area (Å²) < 4.78 is 0. The van der Waals surface area contributed by atoms with E-state index >= 15 is 0 Å². The summed E-state index contributed by atoms with van der Waals surface area (Å²) in [6.07, 6.45) is 11.2. The van der Waals surface area contributed by atoms with Crippen LogP contribution in [0.1, 0.15) is 39.0 Å². The number of hydrogen-bond acceptors (Lipinski definition) is 2. The predicted octanol–water partition coefficient (Wildman–Crippen LogP) is 2.15. The molecule has 0 bridgehead atoms. The molecule has 0 aromatic rings. The normalized spacial score (nSPS) is 30.3. The summed E-state index contributed by atoms with van der Waals surface area (Å²) in [4.78, 5) is 2.69. The van der Waals surface area contributed by atoms with Gasteiger partial charge in [0.2, 0.25) is 0 Å². The molecule has 0 amide bonds. The number of hydrogen-bond donors (Lipinski definition) is 1. The zero-order chi connectivity index (χ0) is 10.7. The molecular weight excluding hydrogens is 184 g/mol. The Morgan fingerprint density at radius 2 is 2.13 bits per heavy atom. The van der Waals surface area contributed by atoms with Crippen LogP contribution in [-0.4, -0.2) is 30.1 Å². The Bertz CT molecular complexity index is 221. The van der Waals surface area contributed by atoms with Crippen LogP contribution in [0.15, 0.2) is 12.2 Å². The molecular formula is C13H24N2. The third-order valence-electron chi connectivity index (χ3n) is 3.54. The third-order valence-corrected chi connectivity index (χ3v) is 3.54. The molecule has 2 atom stereocenters. The standard InChI is InChI=1S/C13H24N2/c1-2-3-8-15(13-6-7-13)10-11-4-5-12(14)9-11/h4-5,11-13H,2-3,6-10,14H2,1H3. The maximum Gasteiger partial charge on any atom is 0.0229 e. The van der Waals surface area contributed by atoms with Gasteiger partial charge in [0.25, 0.3) is 0 Å². The smallest absolute Gasteiger partial charge is 0.0229 e. The molecule has 2 unspecified atom stereocenters. The Labute approximate surface area is 93.5 Å². The molecule has 0 aliphatic heterocycles. The van der Waals surface area contributed by atoms with E-state index in [-0.39, 0.29) is 0 Å². The van der Waals surface area contributed by atoms with Gasteiger partial charge in [0, 0.05) is 18.6 Å². The van der Waals surface area contributed by atoms with Crippen molar-refractivity contribution in [3.8, 4) is 0 Å². The van der Waals surface area contributed by atoms with Crippen LogP contribution in [0.25, 0.3) is 0 Å². The summed E-state index contributed by atoms with van der Waals surface area (Å²) in [5, 5.41) is 0. The highest BCUT2D eigenvalue weighted by atomic mass is 15.2. The van der Waals surface area contributed by atoms with Gasteiger partial charge < -0.3 is 5.73 Å². The fourth-order valence-corrected chi connectivity index (χ4v) is 2.47. The molecule has 86 valence electrons. The van der Waals surface area contributed by atoms with Gasteiger partial charge in [-0.15, -0.1) is 0 Å². The summed E-state index contributed by atoms with van der Waals surface area (Å²) in [7, 11) is 0. The first-order valence-electron chi connectivity index (χ1n) is 6.47. The molecule has 2 nitrogen and oxygen atoms in total. The number of unbranched alkanes of at least 4 members (excludes halogenated alkanes) is 1. The number of nitrogens with zero attached hydrogens (tertiary/aromatic N) is 1. The van der Waals surface area contributed by atoms with Crippen LogP contribution in [0.5, 0.6) is 0 Å². The molecule has 0 spiro atoms. The highest BCUT2D eigenvalue weighted by molar-refractivity contribution is 5.05. The minimum atomic E-state index is 0.322. The van der Waals surface area contributed by atoms with E-state index in [9.17, 15) is 0 Å². The Hall–Kier alpha value is -0.340. The van der Waals surface area contributed by atoms with Crippen LogP contribution in [0.3, 0.4) is 0 Å². The largest absolute Gasteiger partial charge is 0.324 e. The van der Waals surface area contributed by atoms with Crippen molar-refractivity contribution >= 4 is 0 Å². The maximum atomic E-state index is 5.89. The van der Waals surface area contributed by atoms with Gasteiger partial charge in [0.05, 0.1) is 0 Å². The van der Waals surface area contributed by atoms with Gasteiger partial charge in [0.15, 0.2) is 0 Å². The van der Waals surface area contributed by atoms with E-state index in [0.717, 1.165) is 18.4 Å². The molecule has 0 aromatic carbocycles. The van der Waals surface area contributed by atoms with Gasteiger partial charge >= 0.3 is 0 Å². The lowest BCUT2D eigenvalue weighted by molar-refractivity contribution is 0.232. The summed E-state index contributed by atoms with van der Waals surface area (Å²) in [6.45, 7) is 4.81. The van der Waals surface area contributed by atoms with E-state index in [4.69, 9.17) is 5.73 Å². The van der Waals surface area contributed by atoms with E-state index in [1.807, 2.05) is 0 Å². The SMILES string of the molecule is CCCCN(CC1C=CC(N)C1)C1CC1. The molecule has 1 fully saturated rings. The molecule has 0 radical (unpaired) electrons. The molecule has 15 heavy (non-hydrogen) atoms. The lowest BCUT2D eigenvalue weighted by atomic mass is 10.1. The van der Waals surface area contributed by atoms with Crippen LogP contribution < -0.4 is 5.73 Å². The average molecular weight is 208 g/mol. The molecule has 0 heterocycles. The van der Waals surface area contributed by atoms with Gasteiger partial charge in [-0.1, -0.05) is 25.5 Å². The lowest BCUT2D eigenvalue weighted by Crippen LogP contribution is -2.32. The second-order valence-corrected chi connectivity index (χ2v) is 5.12. The number of rotatable bonds is 6. The van der Waals surface area contributed by atoms with E-state index in [0.29, 0.717) is 6.04 Å². The van der Waals surface area contributed by atoms with Crippen LogP contribution >= 0.6 is 0 Å². The van der Waals surface area contributed by atoms with Crippen molar-refractivity contribution in [3.05, 3.63) is 12.2 Å². The Kier molecular flexibility index (Phi) is 3.81. The van der Waals surface area contributed by atoms with Crippen LogP contribution in [-0.2, 0) is 0 Å². The lowest BCUT2D eigenvalue weighted by Gasteiger charge is -2.24. The van der Waals surface area contributed by atoms with Gasteiger partial charge in [-0.05, 0) is 38.1 Å². The van der Waals surface area contributed by atoms with Crippen LogP contribution in [0.2, 0.25) is 0 Å². The summed E-state index contributed by atoms with van der Waals surface area (Å²) >= 11 is 0. The van der Waals surface area contributed by atoms with E-state index < -0.39 is 0 Å². The van der Waals surface area contributed by atoms with Crippen molar-refractivity contribution in [1.29, 1.82) is 0 Å². The quantitative estimate of drug-likeness (QED) is 0.678. The first-order valence-corrected chi connectivity index (χ1v) is 6.47. The second kappa shape index (κ2) is 5.13. The summed E-state index contributed by atoms with van der Waals surface area (Å²) in [5.41, 5.74) is 5.89. The Balaban J connectivity index is 1.76. The van der Waals surface area contributed by atoms with Crippen molar-refractivity contribution in [2.45, 2.75) is 51.1 Å². The van der Waals surface area contributed by atoms with Crippen molar-refractivity contribution in [2.75, 3.05) is 13.1 Å². The topological polar surface area (TPSA) is 29.3 Å². The van der Waals surface area contributed by atoms with E-state index in [1.165, 1.54) is 38.8 Å². The molecule has 2 rings (SSSR count). The average Bonchev–Trinajstić information content (AvgIpc) is 2.98. The fraction of sp³-hybridized carbons (Fsp3) is 0.846. The van der Waals surface area contributed by atoms with Crippen LogP contribution in [0.4, 0.5) is 0 Å². The predicted molar refractivity (Wildman–Crippen MR) is 64.7 cm³/mol. The zero-order valence-electron chi connectivity index (χ0n) is 9.86. The monoisotopic (exact) mass is 208 g/mol. The van der Waals surface area contributed by atoms with Crippen molar-refractivity contribution in [1.82, 2.24) is 4.90 Å². The van der Waals surface area contributed by atoms with Gasteiger partial charge in [-0.3, -0.25) is 4.90 Å². The molecule has 2 aliphatic rings. The Morgan fingerprint density at radius 3 is 2.67 bits per heavy atom. The van der Waals surface area contributed by atoms with Crippen molar-refractivity contribution in [3.63, 3.8) is 0 Å². The maximum absolute atomic E-state index is 5.89. The summed E-state index contributed by atoms with van der Waals surface area (Å²) in [6, 6.07) is 1.23. The molecule has 2 N–H and O–H groups in total. The highest BCUT2D eigenvalue weighted by Gasteiger charge is 2.30. The first-order chi connectivity index (χ1) is 7.29. The number of nitrogens with two attached hydrogens (primary N) is 1. The molecule has 2 aliphatic carbocycles. The van der Waals surface area contributed by atoms with Gasteiger partial charge in [0.1, 0.15) is 0 Å². The van der Waals surface area contributed by atoms with Crippen LogP contribution in [0, 0.1) is 5.92 Å². The molecule has 2 heteroatoms. The minimum absolute atomic E-state index is 0.322. The van der Waals surface area contributed by atoms with Crippen molar-refractivity contribution < 1.29 is 0 Å². The van der Waals surface area contributed by atoms with Crippen molar-refractivity contribution in [2.24, 2.45) is 11.7 Å². The van der Waals surface area contributed by atoms with Gasteiger partial charge in [-0.2, -0.15) is 0 Å². The third kappa shape index (κ3) is 3.32. The van der Waals surface area contributed by atoms with Gasteiger partial charge in [-0.25, -0.2) is 0 Å². The summed E-state index contributed by atoms with van der Waals surface area (Å²) in [5.74, 6) is 0.720. The fourth-order valence-electron chi connectivity index (χ4n) is 2.47. The van der Waals surface area contributed by atoms with E-state index in [2.05, 4.69) is 24.0 Å². The second-order valence-electron chi connectivity index (χ2n) is 5.12. The zero-order valence-corrected chi connectivity index (χ0v) is 9.86. The minimum Gasteiger partial charge on any atom is -0.324 e. The van der Waals surface area contributed by atoms with E-state index in [1.54, 1.807) is 0 Å². The highest BCUT2D eigenvalue weighted by Crippen LogP contribution is 2.29. The first kappa shape index (κ1) is 11.2.